The highest BCUT2D eigenvalue weighted by molar-refractivity contribution is 6.05. The average molecular weight is 401 g/mol. The largest absolute Gasteiger partial charge is 0.322 e. The summed E-state index contributed by atoms with van der Waals surface area (Å²) in [6.45, 7) is 0. The summed E-state index contributed by atoms with van der Waals surface area (Å²) in [6.07, 6.45) is -0.201. The van der Waals surface area contributed by atoms with Crippen molar-refractivity contribution in [2.75, 3.05) is 5.32 Å². The first-order valence-corrected chi connectivity index (χ1v) is 8.63. The van der Waals surface area contributed by atoms with Gasteiger partial charge in [-0.05, 0) is 47.5 Å². The second kappa shape index (κ2) is 8.68. The minimum atomic E-state index is -1.07. The van der Waals surface area contributed by atoms with E-state index in [9.17, 15) is 27.2 Å². The molecule has 0 saturated carbocycles. The zero-order chi connectivity index (χ0) is 21.0. The number of hydrogen-bond donors (Lipinski definition) is 1. The maximum absolute atomic E-state index is 13.8. The Morgan fingerprint density at radius 1 is 0.759 bits per heavy atom. The van der Waals surface area contributed by atoms with Gasteiger partial charge in [-0.25, -0.2) is 17.6 Å². The lowest BCUT2D eigenvalue weighted by Gasteiger charge is -2.12. The number of halogens is 4. The van der Waals surface area contributed by atoms with Crippen molar-refractivity contribution in [1.29, 1.82) is 0 Å². The van der Waals surface area contributed by atoms with E-state index in [0.717, 1.165) is 24.3 Å². The zero-order valence-electron chi connectivity index (χ0n) is 15.0. The Kier molecular flexibility index (Phi) is 6.07. The molecule has 0 bridgehead atoms. The molecule has 0 saturated heterocycles. The summed E-state index contributed by atoms with van der Waals surface area (Å²) in [5.74, 6) is -4.23. The molecule has 7 heteroatoms. The predicted octanol–water partition coefficient (Wildman–Crippen LogP) is 4.85. The number of carbonyl (C=O) groups is 2. The molecular weight excluding hydrogens is 386 g/mol. The van der Waals surface area contributed by atoms with E-state index in [1.807, 2.05) is 0 Å². The molecule has 0 aliphatic carbocycles. The molecule has 1 amide bonds. The third kappa shape index (κ3) is 5.28. The predicted molar refractivity (Wildman–Crippen MR) is 99.5 cm³/mol. The van der Waals surface area contributed by atoms with Crippen molar-refractivity contribution in [2.45, 2.75) is 12.8 Å². The van der Waals surface area contributed by atoms with Gasteiger partial charge in [-0.1, -0.05) is 18.2 Å². The number of ketones is 1. The van der Waals surface area contributed by atoms with Gasteiger partial charge >= 0.3 is 0 Å². The monoisotopic (exact) mass is 401 g/mol. The van der Waals surface area contributed by atoms with Crippen LogP contribution in [0.2, 0.25) is 0 Å². The van der Waals surface area contributed by atoms with E-state index in [4.69, 9.17) is 0 Å². The van der Waals surface area contributed by atoms with Crippen LogP contribution in [-0.4, -0.2) is 11.7 Å². The van der Waals surface area contributed by atoms with Crippen molar-refractivity contribution in [1.82, 2.24) is 0 Å². The summed E-state index contributed by atoms with van der Waals surface area (Å²) in [5, 5.41) is 2.35. The normalized spacial score (nSPS) is 10.6. The molecular formula is C22H15F4NO2. The Hall–Kier alpha value is -3.48. The van der Waals surface area contributed by atoms with E-state index >= 15 is 0 Å². The number of benzene rings is 3. The molecule has 0 unspecified atom stereocenters. The summed E-state index contributed by atoms with van der Waals surface area (Å²) in [7, 11) is 0. The Labute approximate surface area is 164 Å². The highest BCUT2D eigenvalue weighted by Gasteiger charge is 2.16. The lowest BCUT2D eigenvalue weighted by Crippen LogP contribution is -2.17. The minimum absolute atomic E-state index is 0.00804. The van der Waals surface area contributed by atoms with Gasteiger partial charge in [0.05, 0.1) is 5.56 Å². The van der Waals surface area contributed by atoms with Crippen molar-refractivity contribution in [2.24, 2.45) is 0 Å². The first-order chi connectivity index (χ1) is 13.8. The summed E-state index contributed by atoms with van der Waals surface area (Å²) >= 11 is 0. The van der Waals surface area contributed by atoms with Crippen LogP contribution in [0.3, 0.4) is 0 Å². The number of Topliss-reactive ketones (excluding diaryl/α,β-unsaturated/α-hetero) is 1. The van der Waals surface area contributed by atoms with E-state index in [2.05, 4.69) is 5.32 Å². The SMILES string of the molecule is O=C(Cc1cccc(F)c1)Cc1ccc(F)cc1NC(=O)c1ccc(F)cc1F. The van der Waals surface area contributed by atoms with Crippen molar-refractivity contribution in [3.63, 3.8) is 0 Å². The maximum Gasteiger partial charge on any atom is 0.258 e. The maximum atomic E-state index is 13.8. The second-order valence-corrected chi connectivity index (χ2v) is 6.40. The summed E-state index contributed by atoms with van der Waals surface area (Å²) in [4.78, 5) is 24.6. The van der Waals surface area contributed by atoms with Crippen LogP contribution in [0.15, 0.2) is 60.7 Å². The summed E-state index contributed by atoms with van der Waals surface area (Å²) in [6, 6.07) is 11.5. The van der Waals surface area contributed by atoms with Crippen LogP contribution in [0.4, 0.5) is 23.2 Å². The van der Waals surface area contributed by atoms with Crippen LogP contribution in [-0.2, 0) is 17.6 Å². The highest BCUT2D eigenvalue weighted by atomic mass is 19.1. The van der Waals surface area contributed by atoms with E-state index < -0.39 is 34.7 Å². The van der Waals surface area contributed by atoms with Crippen molar-refractivity contribution >= 4 is 17.4 Å². The molecule has 1 N–H and O–H groups in total. The molecule has 0 fully saturated rings. The molecule has 29 heavy (non-hydrogen) atoms. The number of amides is 1. The molecule has 0 aliphatic heterocycles. The Bertz CT molecular complexity index is 1080. The molecule has 148 valence electrons. The van der Waals surface area contributed by atoms with Crippen LogP contribution in [0.25, 0.3) is 0 Å². The summed E-state index contributed by atoms with van der Waals surface area (Å²) < 4.78 is 53.7. The average Bonchev–Trinajstić information content (AvgIpc) is 2.63. The van der Waals surface area contributed by atoms with Crippen molar-refractivity contribution in [3.8, 4) is 0 Å². The van der Waals surface area contributed by atoms with Gasteiger partial charge in [0.1, 0.15) is 29.1 Å². The van der Waals surface area contributed by atoms with Gasteiger partial charge < -0.3 is 5.32 Å². The molecule has 0 spiro atoms. The van der Waals surface area contributed by atoms with Gasteiger partial charge in [0.2, 0.25) is 0 Å². The number of carbonyl (C=O) groups excluding carboxylic acids is 2. The molecule has 3 aromatic carbocycles. The fraction of sp³-hybridized carbons (Fsp3) is 0.0909. The Balaban J connectivity index is 1.78. The highest BCUT2D eigenvalue weighted by Crippen LogP contribution is 2.21. The van der Waals surface area contributed by atoms with Gasteiger partial charge in [0.15, 0.2) is 0 Å². The zero-order valence-corrected chi connectivity index (χ0v) is 15.0. The van der Waals surface area contributed by atoms with E-state index in [-0.39, 0.29) is 24.3 Å². The quantitative estimate of drug-likeness (QED) is 0.601. The van der Waals surface area contributed by atoms with Gasteiger partial charge in [-0.3, -0.25) is 9.59 Å². The fourth-order valence-electron chi connectivity index (χ4n) is 2.83. The van der Waals surface area contributed by atoms with Crippen molar-refractivity contribution < 1.29 is 27.2 Å². The first-order valence-electron chi connectivity index (χ1n) is 8.63. The van der Waals surface area contributed by atoms with Crippen LogP contribution >= 0.6 is 0 Å². The number of nitrogens with one attached hydrogen (secondary N) is 1. The topological polar surface area (TPSA) is 46.2 Å². The molecule has 0 aromatic heterocycles. The fourth-order valence-corrected chi connectivity index (χ4v) is 2.83. The van der Waals surface area contributed by atoms with E-state index in [1.54, 1.807) is 6.07 Å². The molecule has 0 atom stereocenters. The van der Waals surface area contributed by atoms with Crippen molar-refractivity contribution in [3.05, 3.63) is 101 Å². The van der Waals surface area contributed by atoms with Gasteiger partial charge in [-0.2, -0.15) is 0 Å². The third-order valence-corrected chi connectivity index (χ3v) is 4.17. The van der Waals surface area contributed by atoms with Crippen LogP contribution in [0, 0.1) is 23.3 Å². The molecule has 3 nitrogen and oxygen atoms in total. The Morgan fingerprint density at radius 3 is 2.17 bits per heavy atom. The van der Waals surface area contributed by atoms with Gasteiger partial charge in [-0.15, -0.1) is 0 Å². The number of hydrogen-bond acceptors (Lipinski definition) is 2. The molecule has 0 aliphatic rings. The molecule has 0 radical (unpaired) electrons. The minimum Gasteiger partial charge on any atom is -0.322 e. The number of rotatable bonds is 6. The van der Waals surface area contributed by atoms with Crippen LogP contribution < -0.4 is 5.32 Å². The molecule has 3 aromatic rings. The first kappa shape index (κ1) is 20.3. The smallest absolute Gasteiger partial charge is 0.258 e. The van der Waals surface area contributed by atoms with Crippen LogP contribution in [0.1, 0.15) is 21.5 Å². The second-order valence-electron chi connectivity index (χ2n) is 6.40. The molecule has 0 heterocycles. The van der Waals surface area contributed by atoms with Gasteiger partial charge in [0, 0.05) is 24.6 Å². The lowest BCUT2D eigenvalue weighted by molar-refractivity contribution is -0.117. The van der Waals surface area contributed by atoms with Crippen LogP contribution in [0.5, 0.6) is 0 Å². The Morgan fingerprint density at radius 2 is 1.45 bits per heavy atom. The van der Waals surface area contributed by atoms with Gasteiger partial charge in [0.25, 0.3) is 5.91 Å². The van der Waals surface area contributed by atoms with E-state index in [1.165, 1.54) is 24.3 Å². The standard InChI is InChI=1S/C22H15F4NO2/c23-15-3-1-2-13(8-15)9-18(28)10-14-4-5-17(25)12-21(14)27-22(29)19-7-6-16(24)11-20(19)26/h1-8,11-12H,9-10H2,(H,27,29). The number of anilines is 1. The summed E-state index contributed by atoms with van der Waals surface area (Å²) in [5.41, 5.74) is 0.360. The molecule has 3 rings (SSSR count). The van der Waals surface area contributed by atoms with E-state index in [0.29, 0.717) is 17.2 Å². The lowest BCUT2D eigenvalue weighted by atomic mass is 10.0. The third-order valence-electron chi connectivity index (χ3n) is 4.17.